The number of hydrogen-bond donors (Lipinski definition) is 0. The van der Waals surface area contributed by atoms with Crippen molar-refractivity contribution < 1.29 is 25.2 Å². The highest BCUT2D eigenvalue weighted by atomic mass is 32.2. The lowest BCUT2D eigenvalue weighted by Crippen LogP contribution is -2.32. The monoisotopic (exact) mass is 537 g/mol. The molecule has 0 atom stereocenters. The normalized spacial score (nSPS) is 12.3. The Bertz CT molecular complexity index is 1310. The third kappa shape index (κ3) is 9.49. The fourth-order valence-electron chi connectivity index (χ4n) is 3.10. The molecular formula is C23H27N3O6S3. The molecule has 0 amide bonds. The summed E-state index contributed by atoms with van der Waals surface area (Å²) < 4.78 is 54.7. The van der Waals surface area contributed by atoms with E-state index in [1.807, 2.05) is 60.8 Å². The first kappa shape index (κ1) is 27.0. The molecule has 0 spiro atoms. The summed E-state index contributed by atoms with van der Waals surface area (Å²) in [4.78, 5) is 10.8. The summed E-state index contributed by atoms with van der Waals surface area (Å²) in [6, 6.07) is 15.3. The van der Waals surface area contributed by atoms with Crippen molar-refractivity contribution in [2.75, 3.05) is 43.7 Å². The van der Waals surface area contributed by atoms with E-state index in [9.17, 15) is 16.8 Å². The smallest absolute Gasteiger partial charge is 0.264 e. The molecule has 188 valence electrons. The second kappa shape index (κ2) is 11.9. The van der Waals surface area contributed by atoms with Gasteiger partial charge < -0.3 is 4.90 Å². The van der Waals surface area contributed by atoms with E-state index in [1.54, 1.807) is 22.5 Å². The molecule has 0 aliphatic carbocycles. The van der Waals surface area contributed by atoms with Crippen molar-refractivity contribution >= 4 is 49.2 Å². The summed E-state index contributed by atoms with van der Waals surface area (Å²) >= 11 is 1.61. The number of aliphatic imine (C=N–C) groups is 1. The molecule has 0 unspecified atom stereocenters. The molecule has 0 saturated heterocycles. The fraction of sp³-hybridized carbons (Fsp3) is 0.304. The maximum atomic E-state index is 11.3. The minimum absolute atomic E-state index is 0.0720. The van der Waals surface area contributed by atoms with Gasteiger partial charge in [-0.15, -0.1) is 11.3 Å². The average Bonchev–Trinajstić information content (AvgIpc) is 3.22. The molecule has 35 heavy (non-hydrogen) atoms. The van der Waals surface area contributed by atoms with Gasteiger partial charge in [0, 0.05) is 35.9 Å². The third-order valence-corrected chi connectivity index (χ3v) is 6.68. The van der Waals surface area contributed by atoms with Crippen LogP contribution in [0.5, 0.6) is 0 Å². The molecule has 0 aliphatic heterocycles. The molecule has 9 nitrogen and oxygen atoms in total. The Hall–Kier alpha value is -2.64. The Balaban J connectivity index is 1.65. The lowest BCUT2D eigenvalue weighted by molar-refractivity contribution is 0.309. The Kier molecular flexibility index (Phi) is 9.14. The number of rotatable bonds is 12. The minimum atomic E-state index is -3.58. The van der Waals surface area contributed by atoms with E-state index in [2.05, 4.69) is 9.98 Å². The standard InChI is InChI=1S/C23H27N3O6S3/c1-18-25-23(17-33-18)20-6-8-21(9-7-20)24-16-19-4-10-22(11-5-19)26(12-14-31-34(2,27)28)13-15-32-35(3,29)30/h4-11,16-17H,12-15H2,1-3H3. The van der Waals surface area contributed by atoms with Crippen molar-refractivity contribution in [3.63, 3.8) is 0 Å². The molecule has 0 fully saturated rings. The Morgan fingerprint density at radius 1 is 0.914 bits per heavy atom. The van der Waals surface area contributed by atoms with E-state index < -0.39 is 20.2 Å². The van der Waals surface area contributed by atoms with Crippen LogP contribution in [0.4, 0.5) is 11.4 Å². The third-order valence-electron chi connectivity index (χ3n) is 4.72. The SMILES string of the molecule is Cc1nc(-c2ccc(N=Cc3ccc(N(CCOS(C)(=O)=O)CCOS(C)(=O)=O)cc3)cc2)cs1. The van der Waals surface area contributed by atoms with E-state index in [0.717, 1.165) is 45.7 Å². The zero-order valence-electron chi connectivity index (χ0n) is 19.6. The quantitative estimate of drug-likeness (QED) is 0.254. The van der Waals surface area contributed by atoms with Crippen LogP contribution in [0.15, 0.2) is 58.9 Å². The highest BCUT2D eigenvalue weighted by Crippen LogP contribution is 2.24. The Morgan fingerprint density at radius 2 is 1.49 bits per heavy atom. The van der Waals surface area contributed by atoms with Gasteiger partial charge in [0.15, 0.2) is 0 Å². The largest absolute Gasteiger partial charge is 0.367 e. The molecule has 1 heterocycles. The molecule has 12 heteroatoms. The summed E-state index contributed by atoms with van der Waals surface area (Å²) in [5.74, 6) is 0. The Morgan fingerprint density at radius 3 is 1.97 bits per heavy atom. The van der Waals surface area contributed by atoms with Crippen LogP contribution in [0, 0.1) is 6.92 Å². The second-order valence-electron chi connectivity index (χ2n) is 7.69. The molecule has 0 radical (unpaired) electrons. The zero-order chi connectivity index (χ0) is 25.5. The highest BCUT2D eigenvalue weighted by Gasteiger charge is 2.11. The number of hydrogen-bond acceptors (Lipinski definition) is 10. The van der Waals surface area contributed by atoms with Crippen LogP contribution < -0.4 is 4.90 Å². The van der Waals surface area contributed by atoms with E-state index in [1.165, 1.54) is 0 Å². The van der Waals surface area contributed by atoms with Crippen LogP contribution in [0.3, 0.4) is 0 Å². The molecule has 0 bridgehead atoms. The number of thiazole rings is 1. The van der Waals surface area contributed by atoms with Crippen LogP contribution in [0.25, 0.3) is 11.3 Å². The van der Waals surface area contributed by atoms with Gasteiger partial charge >= 0.3 is 0 Å². The van der Waals surface area contributed by atoms with E-state index >= 15 is 0 Å². The van der Waals surface area contributed by atoms with Gasteiger partial charge in [-0.1, -0.05) is 24.3 Å². The van der Waals surface area contributed by atoms with E-state index in [4.69, 9.17) is 8.37 Å². The fourth-order valence-corrected chi connectivity index (χ4v) is 4.48. The maximum Gasteiger partial charge on any atom is 0.264 e. The van der Waals surface area contributed by atoms with Crippen LogP contribution in [0.1, 0.15) is 10.6 Å². The van der Waals surface area contributed by atoms with Gasteiger partial charge in [-0.3, -0.25) is 13.4 Å². The van der Waals surface area contributed by atoms with Crippen molar-refractivity contribution in [2.45, 2.75) is 6.92 Å². The molecular weight excluding hydrogens is 510 g/mol. The summed E-state index contributed by atoms with van der Waals surface area (Å²) in [7, 11) is -7.16. The van der Waals surface area contributed by atoms with Crippen molar-refractivity contribution in [3.8, 4) is 11.3 Å². The molecule has 0 aliphatic rings. The lowest BCUT2D eigenvalue weighted by atomic mass is 10.1. The van der Waals surface area contributed by atoms with Crippen LogP contribution in [0.2, 0.25) is 0 Å². The van der Waals surface area contributed by atoms with Gasteiger partial charge in [0.2, 0.25) is 0 Å². The topological polar surface area (TPSA) is 115 Å². The Labute approximate surface area is 210 Å². The van der Waals surface area contributed by atoms with Crippen LogP contribution >= 0.6 is 11.3 Å². The maximum absolute atomic E-state index is 11.3. The molecule has 3 rings (SSSR count). The van der Waals surface area contributed by atoms with Gasteiger partial charge in [0.1, 0.15) is 0 Å². The summed E-state index contributed by atoms with van der Waals surface area (Å²) in [5, 5.41) is 3.05. The van der Waals surface area contributed by atoms with Crippen LogP contribution in [-0.4, -0.2) is 66.8 Å². The van der Waals surface area contributed by atoms with Crippen LogP contribution in [-0.2, 0) is 28.6 Å². The van der Waals surface area contributed by atoms with Gasteiger partial charge in [0.25, 0.3) is 20.2 Å². The molecule has 1 aromatic heterocycles. The zero-order valence-corrected chi connectivity index (χ0v) is 22.1. The number of aryl methyl sites for hydroxylation is 1. The van der Waals surface area contributed by atoms with Crippen molar-refractivity contribution in [1.29, 1.82) is 0 Å². The minimum Gasteiger partial charge on any atom is -0.367 e. The predicted molar refractivity (Wildman–Crippen MR) is 140 cm³/mol. The van der Waals surface area contributed by atoms with Crippen molar-refractivity contribution in [2.24, 2.45) is 4.99 Å². The van der Waals surface area contributed by atoms with Gasteiger partial charge in [0.05, 0.1) is 42.1 Å². The molecule has 0 saturated carbocycles. The summed E-state index contributed by atoms with van der Waals surface area (Å²) in [6.07, 6.45) is 3.70. The lowest BCUT2D eigenvalue weighted by Gasteiger charge is -2.24. The average molecular weight is 538 g/mol. The first-order valence-corrected chi connectivity index (χ1v) is 15.1. The summed E-state index contributed by atoms with van der Waals surface area (Å²) in [6.45, 7) is 2.30. The first-order chi connectivity index (χ1) is 16.5. The van der Waals surface area contributed by atoms with Gasteiger partial charge in [-0.05, 0) is 36.8 Å². The van der Waals surface area contributed by atoms with Gasteiger partial charge in [-0.25, -0.2) is 4.98 Å². The molecule has 3 aromatic rings. The number of anilines is 1. The van der Waals surface area contributed by atoms with E-state index in [-0.39, 0.29) is 26.3 Å². The van der Waals surface area contributed by atoms with E-state index in [0.29, 0.717) is 0 Å². The summed E-state index contributed by atoms with van der Waals surface area (Å²) in [5.41, 5.74) is 4.43. The number of aromatic nitrogens is 1. The number of nitrogens with zero attached hydrogens (tertiary/aromatic N) is 3. The second-order valence-corrected chi connectivity index (χ2v) is 12.0. The van der Waals surface area contributed by atoms with Gasteiger partial charge in [-0.2, -0.15) is 16.8 Å². The number of benzene rings is 2. The molecule has 2 aromatic carbocycles. The highest BCUT2D eigenvalue weighted by molar-refractivity contribution is 7.86. The van der Waals surface area contributed by atoms with Crippen molar-refractivity contribution in [1.82, 2.24) is 4.98 Å². The van der Waals surface area contributed by atoms with Crippen molar-refractivity contribution in [3.05, 3.63) is 64.5 Å². The molecule has 0 N–H and O–H groups in total. The predicted octanol–water partition coefficient (Wildman–Crippen LogP) is 3.63. The first-order valence-electron chi connectivity index (χ1n) is 10.6.